The summed E-state index contributed by atoms with van der Waals surface area (Å²) >= 11 is 3.36. The van der Waals surface area contributed by atoms with Gasteiger partial charge < -0.3 is 15.0 Å². The Morgan fingerprint density at radius 3 is 2.59 bits per heavy atom. The summed E-state index contributed by atoms with van der Waals surface area (Å²) in [4.78, 5) is 18.3. The summed E-state index contributed by atoms with van der Waals surface area (Å²) in [6.45, 7) is 0.351. The van der Waals surface area contributed by atoms with Crippen molar-refractivity contribution in [2.45, 2.75) is 6.54 Å². The highest BCUT2D eigenvalue weighted by Crippen LogP contribution is 2.19. The summed E-state index contributed by atoms with van der Waals surface area (Å²) in [7, 11) is 5.48. The molecule has 0 fully saturated rings. The number of rotatable bonds is 5. The van der Waals surface area contributed by atoms with E-state index in [0.29, 0.717) is 18.0 Å². The Balaban J connectivity index is 2.05. The third-order valence-electron chi connectivity index (χ3n) is 3.17. The van der Waals surface area contributed by atoms with Crippen LogP contribution in [0.25, 0.3) is 0 Å². The predicted molar refractivity (Wildman–Crippen MR) is 90.4 cm³/mol. The average Bonchev–Trinajstić information content (AvgIpc) is 2.52. The molecule has 0 aliphatic rings. The van der Waals surface area contributed by atoms with Gasteiger partial charge >= 0.3 is 0 Å². The highest BCUT2D eigenvalue weighted by molar-refractivity contribution is 9.10. The Morgan fingerprint density at radius 2 is 2.00 bits per heavy atom. The van der Waals surface area contributed by atoms with Gasteiger partial charge in [0.15, 0.2) is 0 Å². The van der Waals surface area contributed by atoms with Gasteiger partial charge in [-0.25, -0.2) is 4.98 Å². The first kappa shape index (κ1) is 16.3. The first-order chi connectivity index (χ1) is 10.5. The van der Waals surface area contributed by atoms with E-state index in [1.165, 1.54) is 0 Å². The van der Waals surface area contributed by atoms with E-state index in [1.807, 2.05) is 37.2 Å². The van der Waals surface area contributed by atoms with Crippen LogP contribution < -0.4 is 15.0 Å². The van der Waals surface area contributed by atoms with Crippen LogP contribution in [0.3, 0.4) is 0 Å². The van der Waals surface area contributed by atoms with Crippen molar-refractivity contribution in [2.24, 2.45) is 0 Å². The molecule has 0 aliphatic carbocycles. The van der Waals surface area contributed by atoms with E-state index in [2.05, 4.69) is 26.2 Å². The summed E-state index contributed by atoms with van der Waals surface area (Å²) in [5, 5.41) is 2.87. The molecule has 6 heteroatoms. The fraction of sp³-hybridized carbons (Fsp3) is 0.250. The van der Waals surface area contributed by atoms with Crippen LogP contribution in [0, 0.1) is 0 Å². The fourth-order valence-corrected chi connectivity index (χ4v) is 2.35. The zero-order valence-electron chi connectivity index (χ0n) is 12.8. The van der Waals surface area contributed by atoms with Crippen molar-refractivity contribution in [1.29, 1.82) is 0 Å². The van der Waals surface area contributed by atoms with Crippen LogP contribution in [0.15, 0.2) is 41.0 Å². The van der Waals surface area contributed by atoms with E-state index in [-0.39, 0.29) is 5.91 Å². The third-order valence-corrected chi connectivity index (χ3v) is 3.60. The third kappa shape index (κ3) is 3.98. The SMILES string of the molecule is COc1ncc(Br)cc1CNC(=O)c1ccc(N(C)C)cc1. The van der Waals surface area contributed by atoms with E-state index in [9.17, 15) is 4.79 Å². The molecule has 5 nitrogen and oxygen atoms in total. The van der Waals surface area contributed by atoms with Gasteiger partial charge in [-0.3, -0.25) is 4.79 Å². The lowest BCUT2D eigenvalue weighted by Crippen LogP contribution is -2.23. The number of amides is 1. The molecule has 22 heavy (non-hydrogen) atoms. The molecular weight excluding hydrogens is 346 g/mol. The molecule has 116 valence electrons. The molecule has 0 saturated heterocycles. The van der Waals surface area contributed by atoms with Crippen LogP contribution in [-0.4, -0.2) is 32.1 Å². The molecule has 0 radical (unpaired) electrons. The van der Waals surface area contributed by atoms with Crippen molar-refractivity contribution < 1.29 is 9.53 Å². The van der Waals surface area contributed by atoms with Gasteiger partial charge in [-0.1, -0.05) is 0 Å². The number of nitrogens with one attached hydrogen (secondary N) is 1. The molecule has 1 amide bonds. The van der Waals surface area contributed by atoms with Crippen molar-refractivity contribution in [1.82, 2.24) is 10.3 Å². The van der Waals surface area contributed by atoms with Crippen LogP contribution in [-0.2, 0) is 6.54 Å². The second kappa shape index (κ2) is 7.26. The summed E-state index contributed by atoms with van der Waals surface area (Å²) in [6.07, 6.45) is 1.66. The smallest absolute Gasteiger partial charge is 0.251 e. The summed E-state index contributed by atoms with van der Waals surface area (Å²) < 4.78 is 6.03. The Bertz CT molecular complexity index is 657. The first-order valence-electron chi connectivity index (χ1n) is 6.75. The molecule has 0 bridgehead atoms. The number of pyridine rings is 1. The number of hydrogen-bond acceptors (Lipinski definition) is 4. The van der Waals surface area contributed by atoms with E-state index >= 15 is 0 Å². The highest BCUT2D eigenvalue weighted by Gasteiger charge is 2.09. The summed E-state index contributed by atoms with van der Waals surface area (Å²) in [5.41, 5.74) is 2.48. The maximum atomic E-state index is 12.2. The fourth-order valence-electron chi connectivity index (χ4n) is 1.97. The number of carbonyl (C=O) groups is 1. The monoisotopic (exact) mass is 363 g/mol. The zero-order valence-corrected chi connectivity index (χ0v) is 14.3. The normalized spacial score (nSPS) is 10.2. The van der Waals surface area contributed by atoms with E-state index in [4.69, 9.17) is 4.74 Å². The van der Waals surface area contributed by atoms with Gasteiger partial charge in [-0.15, -0.1) is 0 Å². The van der Waals surface area contributed by atoms with Crippen LogP contribution in [0.5, 0.6) is 5.88 Å². The van der Waals surface area contributed by atoms with Gasteiger partial charge in [-0.05, 0) is 46.3 Å². The summed E-state index contributed by atoms with van der Waals surface area (Å²) in [6, 6.07) is 9.32. The van der Waals surface area contributed by atoms with Crippen molar-refractivity contribution in [2.75, 3.05) is 26.1 Å². The maximum absolute atomic E-state index is 12.2. The number of aromatic nitrogens is 1. The minimum absolute atomic E-state index is 0.132. The Labute approximate surface area is 138 Å². The zero-order chi connectivity index (χ0) is 16.1. The Morgan fingerprint density at radius 1 is 1.32 bits per heavy atom. The number of methoxy groups -OCH3 is 1. The van der Waals surface area contributed by atoms with E-state index in [1.54, 1.807) is 25.4 Å². The lowest BCUT2D eigenvalue weighted by molar-refractivity contribution is 0.0950. The largest absolute Gasteiger partial charge is 0.481 e. The Hall–Kier alpha value is -2.08. The van der Waals surface area contributed by atoms with Gasteiger partial charge in [0, 0.05) is 48.1 Å². The van der Waals surface area contributed by atoms with Crippen LogP contribution in [0.1, 0.15) is 15.9 Å². The topological polar surface area (TPSA) is 54.5 Å². The van der Waals surface area contributed by atoms with Crippen LogP contribution in [0.4, 0.5) is 5.69 Å². The highest BCUT2D eigenvalue weighted by atomic mass is 79.9. The van der Waals surface area contributed by atoms with E-state index in [0.717, 1.165) is 15.7 Å². The van der Waals surface area contributed by atoms with Gasteiger partial charge in [0.25, 0.3) is 5.91 Å². The molecule has 1 heterocycles. The van der Waals surface area contributed by atoms with Crippen LogP contribution >= 0.6 is 15.9 Å². The lowest BCUT2D eigenvalue weighted by Gasteiger charge is -2.13. The average molecular weight is 364 g/mol. The molecule has 0 aliphatic heterocycles. The van der Waals surface area contributed by atoms with Gasteiger partial charge in [0.05, 0.1) is 7.11 Å². The second-order valence-corrected chi connectivity index (χ2v) is 5.86. The number of benzene rings is 1. The second-order valence-electron chi connectivity index (χ2n) is 4.95. The maximum Gasteiger partial charge on any atom is 0.251 e. The molecular formula is C16H18BrN3O2. The summed E-state index contributed by atoms with van der Waals surface area (Å²) in [5.74, 6) is 0.374. The molecule has 1 aromatic heterocycles. The predicted octanol–water partition coefficient (Wildman–Crippen LogP) is 2.85. The molecule has 0 atom stereocenters. The number of nitrogens with zero attached hydrogens (tertiary/aromatic N) is 2. The van der Waals surface area contributed by atoms with Crippen molar-refractivity contribution in [3.05, 3.63) is 52.1 Å². The molecule has 1 N–H and O–H groups in total. The van der Waals surface area contributed by atoms with Gasteiger partial charge in [0.2, 0.25) is 5.88 Å². The molecule has 0 unspecified atom stereocenters. The molecule has 0 saturated carbocycles. The van der Waals surface area contributed by atoms with Gasteiger partial charge in [-0.2, -0.15) is 0 Å². The molecule has 2 aromatic rings. The number of hydrogen-bond donors (Lipinski definition) is 1. The van der Waals surface area contributed by atoms with Crippen molar-refractivity contribution in [3.8, 4) is 5.88 Å². The van der Waals surface area contributed by atoms with E-state index < -0.39 is 0 Å². The molecule has 0 spiro atoms. The van der Waals surface area contributed by atoms with Crippen molar-refractivity contribution >= 4 is 27.5 Å². The number of carbonyl (C=O) groups excluding carboxylic acids is 1. The van der Waals surface area contributed by atoms with Crippen molar-refractivity contribution in [3.63, 3.8) is 0 Å². The number of anilines is 1. The first-order valence-corrected chi connectivity index (χ1v) is 7.54. The standard InChI is InChI=1S/C16H18BrN3O2/c1-20(2)14-6-4-11(5-7-14)15(21)18-9-12-8-13(17)10-19-16(12)22-3/h4-8,10H,9H2,1-3H3,(H,18,21). The molecule has 2 rings (SSSR count). The minimum Gasteiger partial charge on any atom is -0.481 e. The quantitative estimate of drug-likeness (QED) is 0.887. The lowest BCUT2D eigenvalue weighted by atomic mass is 10.2. The van der Waals surface area contributed by atoms with Gasteiger partial charge in [0.1, 0.15) is 0 Å². The number of halogens is 1. The molecule has 1 aromatic carbocycles. The minimum atomic E-state index is -0.132. The van der Waals surface area contributed by atoms with Crippen LogP contribution in [0.2, 0.25) is 0 Å². The number of ether oxygens (including phenoxy) is 1. The Kier molecular flexibility index (Phi) is 5.38.